The molecule has 0 spiro atoms. The van der Waals surface area contributed by atoms with Gasteiger partial charge >= 0.3 is 0 Å². The zero-order valence-electron chi connectivity index (χ0n) is 12.1. The van der Waals surface area contributed by atoms with Crippen molar-refractivity contribution < 1.29 is 4.74 Å². The summed E-state index contributed by atoms with van der Waals surface area (Å²) in [5.74, 6) is 0.972. The number of ether oxygens (including phenoxy) is 1. The molecule has 4 heteroatoms. The van der Waals surface area contributed by atoms with Crippen LogP contribution < -0.4 is 4.74 Å². The van der Waals surface area contributed by atoms with Crippen molar-refractivity contribution in [2.24, 2.45) is 0 Å². The molecular formula is C16H21N3O. The highest BCUT2D eigenvalue weighted by molar-refractivity contribution is 5.33. The predicted molar refractivity (Wildman–Crippen MR) is 78.7 cm³/mol. The van der Waals surface area contributed by atoms with Crippen LogP contribution in [0.5, 0.6) is 5.75 Å². The van der Waals surface area contributed by atoms with Crippen molar-refractivity contribution >= 4 is 0 Å². The Morgan fingerprint density at radius 1 is 1.40 bits per heavy atom. The molecule has 0 saturated carbocycles. The molecular weight excluding hydrogens is 250 g/mol. The summed E-state index contributed by atoms with van der Waals surface area (Å²) in [4.78, 5) is 2.51. The quantitative estimate of drug-likeness (QED) is 0.929. The van der Waals surface area contributed by atoms with Crippen LogP contribution in [0.4, 0.5) is 0 Å². The van der Waals surface area contributed by atoms with Crippen LogP contribution in [0.25, 0.3) is 0 Å². The fourth-order valence-corrected chi connectivity index (χ4v) is 3.09. The number of hydrogen-bond acceptors (Lipinski definition) is 3. The van der Waals surface area contributed by atoms with Gasteiger partial charge in [-0.05, 0) is 37.9 Å². The number of likely N-dealkylation sites (tertiary alicyclic amines) is 1. The van der Waals surface area contributed by atoms with Crippen molar-refractivity contribution in [1.82, 2.24) is 15.1 Å². The van der Waals surface area contributed by atoms with Crippen molar-refractivity contribution in [2.45, 2.75) is 32.4 Å². The molecule has 4 nitrogen and oxygen atoms in total. The third-order valence-corrected chi connectivity index (χ3v) is 4.13. The number of rotatable bonds is 4. The highest BCUT2D eigenvalue weighted by atomic mass is 16.5. The normalized spacial score (nSPS) is 19.4. The number of para-hydroxylation sites is 1. The van der Waals surface area contributed by atoms with E-state index in [1.165, 1.54) is 29.7 Å². The number of nitrogens with zero attached hydrogens (tertiary/aromatic N) is 2. The third kappa shape index (κ3) is 2.43. The van der Waals surface area contributed by atoms with Gasteiger partial charge in [-0.3, -0.25) is 10.00 Å². The van der Waals surface area contributed by atoms with Gasteiger partial charge in [-0.25, -0.2) is 0 Å². The molecule has 1 saturated heterocycles. The van der Waals surface area contributed by atoms with E-state index < -0.39 is 0 Å². The van der Waals surface area contributed by atoms with Gasteiger partial charge in [0.25, 0.3) is 0 Å². The molecule has 1 aromatic carbocycles. The number of hydrogen-bond donors (Lipinski definition) is 1. The van der Waals surface area contributed by atoms with Gasteiger partial charge in [-0.15, -0.1) is 0 Å². The van der Waals surface area contributed by atoms with Crippen LogP contribution in [0.3, 0.4) is 0 Å². The minimum Gasteiger partial charge on any atom is -0.496 e. The molecule has 0 radical (unpaired) electrons. The van der Waals surface area contributed by atoms with Crippen LogP contribution in [0.2, 0.25) is 0 Å². The fourth-order valence-electron chi connectivity index (χ4n) is 3.09. The van der Waals surface area contributed by atoms with E-state index in [2.05, 4.69) is 34.2 Å². The van der Waals surface area contributed by atoms with Gasteiger partial charge in [0.1, 0.15) is 5.75 Å². The maximum absolute atomic E-state index is 5.46. The lowest BCUT2D eigenvalue weighted by Crippen LogP contribution is -2.23. The summed E-state index contributed by atoms with van der Waals surface area (Å²) in [7, 11) is 1.74. The smallest absolute Gasteiger partial charge is 0.123 e. The lowest BCUT2D eigenvalue weighted by molar-refractivity contribution is 0.240. The summed E-state index contributed by atoms with van der Waals surface area (Å²) < 4.78 is 5.46. The van der Waals surface area contributed by atoms with Crippen molar-refractivity contribution in [3.05, 3.63) is 47.3 Å². The van der Waals surface area contributed by atoms with Gasteiger partial charge in [0.2, 0.25) is 0 Å². The molecule has 0 unspecified atom stereocenters. The van der Waals surface area contributed by atoms with Crippen LogP contribution in [0.1, 0.15) is 35.7 Å². The van der Waals surface area contributed by atoms with E-state index in [-0.39, 0.29) is 0 Å². The Balaban J connectivity index is 1.81. The Hall–Kier alpha value is -1.81. The van der Waals surface area contributed by atoms with E-state index in [4.69, 9.17) is 4.74 Å². The van der Waals surface area contributed by atoms with Gasteiger partial charge < -0.3 is 4.74 Å². The van der Waals surface area contributed by atoms with Crippen LogP contribution in [0.15, 0.2) is 30.5 Å². The Morgan fingerprint density at radius 3 is 3.00 bits per heavy atom. The maximum Gasteiger partial charge on any atom is 0.123 e. The molecule has 3 rings (SSSR count). The van der Waals surface area contributed by atoms with Crippen LogP contribution in [0, 0.1) is 6.92 Å². The largest absolute Gasteiger partial charge is 0.496 e. The van der Waals surface area contributed by atoms with Gasteiger partial charge in [0.15, 0.2) is 0 Å². The van der Waals surface area contributed by atoms with Crippen LogP contribution in [-0.4, -0.2) is 28.8 Å². The van der Waals surface area contributed by atoms with E-state index in [0.29, 0.717) is 6.04 Å². The molecule has 20 heavy (non-hydrogen) atoms. The number of H-pyrrole nitrogens is 1. The number of aromatic amines is 1. The molecule has 1 atom stereocenters. The second-order valence-corrected chi connectivity index (χ2v) is 5.41. The lowest BCUT2D eigenvalue weighted by Gasteiger charge is -2.25. The van der Waals surface area contributed by atoms with Gasteiger partial charge in [-0.1, -0.05) is 18.2 Å². The van der Waals surface area contributed by atoms with Crippen molar-refractivity contribution in [1.29, 1.82) is 0 Å². The average Bonchev–Trinajstić information content (AvgIpc) is 3.08. The first-order valence-corrected chi connectivity index (χ1v) is 7.15. The number of benzene rings is 1. The minimum absolute atomic E-state index is 0.447. The SMILES string of the molecule is COc1ccccc1CN1CCC[C@@H]1c1[nH]ncc1C. The van der Waals surface area contributed by atoms with Gasteiger partial charge in [-0.2, -0.15) is 5.10 Å². The zero-order valence-corrected chi connectivity index (χ0v) is 12.1. The standard InChI is InChI=1S/C16H21N3O/c1-12-10-17-18-16(12)14-7-5-9-19(14)11-13-6-3-4-8-15(13)20-2/h3-4,6,8,10,14H,5,7,9,11H2,1-2H3,(H,17,18)/t14-/m1/s1. The molecule has 1 N–H and O–H groups in total. The van der Waals surface area contributed by atoms with Gasteiger partial charge in [0, 0.05) is 12.1 Å². The average molecular weight is 271 g/mol. The predicted octanol–water partition coefficient (Wildman–Crippen LogP) is 3.06. The maximum atomic E-state index is 5.46. The molecule has 1 aromatic heterocycles. The summed E-state index contributed by atoms with van der Waals surface area (Å²) in [5, 5.41) is 7.33. The first kappa shape index (κ1) is 13.2. The van der Waals surface area contributed by atoms with E-state index in [1.54, 1.807) is 7.11 Å². The molecule has 0 aliphatic carbocycles. The van der Waals surface area contributed by atoms with Crippen LogP contribution in [-0.2, 0) is 6.54 Å². The van der Waals surface area contributed by atoms with E-state index in [9.17, 15) is 0 Å². The second-order valence-electron chi connectivity index (χ2n) is 5.41. The van der Waals surface area contributed by atoms with Crippen molar-refractivity contribution in [3.63, 3.8) is 0 Å². The monoisotopic (exact) mass is 271 g/mol. The second kappa shape index (κ2) is 5.67. The molecule has 106 valence electrons. The van der Waals surface area contributed by atoms with Gasteiger partial charge in [0.05, 0.1) is 25.0 Å². The number of nitrogens with one attached hydrogen (secondary N) is 1. The summed E-state index contributed by atoms with van der Waals surface area (Å²) in [6, 6.07) is 8.71. The van der Waals surface area contributed by atoms with E-state index in [0.717, 1.165) is 18.8 Å². The highest BCUT2D eigenvalue weighted by Crippen LogP contribution is 2.34. The van der Waals surface area contributed by atoms with Crippen LogP contribution >= 0.6 is 0 Å². The Kier molecular flexibility index (Phi) is 3.74. The van der Waals surface area contributed by atoms with E-state index in [1.807, 2.05) is 18.3 Å². The Morgan fingerprint density at radius 2 is 2.25 bits per heavy atom. The summed E-state index contributed by atoms with van der Waals surface area (Å²) in [5.41, 5.74) is 3.76. The molecule has 1 fully saturated rings. The Bertz CT molecular complexity index is 579. The first-order valence-electron chi connectivity index (χ1n) is 7.15. The zero-order chi connectivity index (χ0) is 13.9. The summed E-state index contributed by atoms with van der Waals surface area (Å²) >= 11 is 0. The molecule has 1 aliphatic heterocycles. The molecule has 0 bridgehead atoms. The number of aromatic nitrogens is 2. The molecule has 0 amide bonds. The molecule has 1 aliphatic rings. The number of aryl methyl sites for hydroxylation is 1. The molecule has 2 aromatic rings. The summed E-state index contributed by atoms with van der Waals surface area (Å²) in [6.45, 7) is 4.17. The lowest BCUT2D eigenvalue weighted by atomic mass is 10.1. The highest BCUT2D eigenvalue weighted by Gasteiger charge is 2.28. The number of methoxy groups -OCH3 is 1. The Labute approximate surface area is 119 Å². The molecule has 2 heterocycles. The first-order chi connectivity index (χ1) is 9.79. The minimum atomic E-state index is 0.447. The topological polar surface area (TPSA) is 41.1 Å². The van der Waals surface area contributed by atoms with E-state index >= 15 is 0 Å². The summed E-state index contributed by atoms with van der Waals surface area (Å²) in [6.07, 6.45) is 4.34. The fraction of sp³-hybridized carbons (Fsp3) is 0.438. The third-order valence-electron chi connectivity index (χ3n) is 4.13. The van der Waals surface area contributed by atoms with Crippen molar-refractivity contribution in [3.8, 4) is 5.75 Å². The van der Waals surface area contributed by atoms with Crippen molar-refractivity contribution in [2.75, 3.05) is 13.7 Å².